The van der Waals surface area contributed by atoms with E-state index in [2.05, 4.69) is 41.8 Å². The Kier molecular flexibility index (Phi) is 5.36. The highest BCUT2D eigenvalue weighted by Gasteiger charge is 2.16. The van der Waals surface area contributed by atoms with E-state index in [1.165, 1.54) is 12.1 Å². The van der Waals surface area contributed by atoms with Crippen molar-refractivity contribution in [1.82, 2.24) is 5.32 Å². The van der Waals surface area contributed by atoms with Gasteiger partial charge in [-0.3, -0.25) is 4.79 Å². The van der Waals surface area contributed by atoms with Crippen molar-refractivity contribution in [2.75, 3.05) is 4.43 Å². The summed E-state index contributed by atoms with van der Waals surface area (Å²) in [6.07, 6.45) is 0. The number of hydrogen-bond donors (Lipinski definition) is 1. The van der Waals surface area contributed by atoms with E-state index in [1.54, 1.807) is 13.0 Å². The summed E-state index contributed by atoms with van der Waals surface area (Å²) in [7, 11) is 0. The van der Waals surface area contributed by atoms with Gasteiger partial charge in [0, 0.05) is 16.0 Å². The van der Waals surface area contributed by atoms with Crippen LogP contribution in [0.25, 0.3) is 0 Å². The second kappa shape index (κ2) is 6.33. The zero-order valence-electron chi connectivity index (χ0n) is 10.3. The molecule has 0 aliphatic carbocycles. The summed E-state index contributed by atoms with van der Waals surface area (Å²) in [5.41, 5.74) is 1.14. The molecule has 1 aromatic rings. The number of halogens is 2. The van der Waals surface area contributed by atoms with Crippen molar-refractivity contribution in [3.8, 4) is 0 Å². The van der Waals surface area contributed by atoms with Crippen molar-refractivity contribution in [2.24, 2.45) is 5.92 Å². The Labute approximate surface area is 115 Å². The van der Waals surface area contributed by atoms with Crippen molar-refractivity contribution in [2.45, 2.75) is 26.8 Å². The Balaban J connectivity index is 2.82. The SMILES string of the molecule is Cc1cc(F)cc(C(=O)NC(CI)C(C)C)c1. The smallest absolute Gasteiger partial charge is 0.251 e. The predicted octanol–water partition coefficient (Wildman–Crippen LogP) is 3.32. The van der Waals surface area contributed by atoms with Crippen LogP contribution in [0.5, 0.6) is 0 Å². The van der Waals surface area contributed by atoms with E-state index in [9.17, 15) is 9.18 Å². The second-order valence-corrected chi connectivity index (χ2v) is 5.38. The molecule has 0 aliphatic rings. The molecule has 0 radical (unpaired) electrons. The molecule has 94 valence electrons. The standard InChI is InChI=1S/C13H17FINO/c1-8(2)12(7-15)16-13(17)10-4-9(3)5-11(14)6-10/h4-6,8,12H,7H2,1-3H3,(H,16,17). The number of benzene rings is 1. The Morgan fingerprint density at radius 3 is 2.53 bits per heavy atom. The van der Waals surface area contributed by atoms with Gasteiger partial charge in [0.1, 0.15) is 5.82 Å². The minimum atomic E-state index is -0.370. The van der Waals surface area contributed by atoms with E-state index in [4.69, 9.17) is 0 Å². The number of alkyl halides is 1. The van der Waals surface area contributed by atoms with Crippen LogP contribution in [0.3, 0.4) is 0 Å². The van der Waals surface area contributed by atoms with Gasteiger partial charge in [0.25, 0.3) is 5.91 Å². The van der Waals surface area contributed by atoms with Crippen molar-refractivity contribution in [3.05, 3.63) is 35.1 Å². The van der Waals surface area contributed by atoms with Gasteiger partial charge in [0.15, 0.2) is 0 Å². The van der Waals surface area contributed by atoms with Gasteiger partial charge in [0.2, 0.25) is 0 Å². The first kappa shape index (κ1) is 14.4. The number of amides is 1. The normalized spacial score (nSPS) is 12.6. The predicted molar refractivity (Wildman–Crippen MR) is 76.1 cm³/mol. The third-order valence-electron chi connectivity index (χ3n) is 2.59. The highest BCUT2D eigenvalue weighted by molar-refractivity contribution is 14.1. The summed E-state index contributed by atoms with van der Waals surface area (Å²) in [5, 5.41) is 2.92. The summed E-state index contributed by atoms with van der Waals surface area (Å²) in [6, 6.07) is 4.50. The second-order valence-electron chi connectivity index (χ2n) is 4.50. The molecule has 1 atom stereocenters. The molecular weight excluding hydrogens is 332 g/mol. The van der Waals surface area contributed by atoms with Crippen molar-refractivity contribution in [3.63, 3.8) is 0 Å². The molecule has 0 saturated carbocycles. The molecule has 0 aromatic heterocycles. The lowest BCUT2D eigenvalue weighted by Gasteiger charge is -2.20. The molecule has 17 heavy (non-hydrogen) atoms. The van der Waals surface area contributed by atoms with Crippen LogP contribution < -0.4 is 5.32 Å². The van der Waals surface area contributed by atoms with Gasteiger partial charge in [-0.05, 0) is 36.6 Å². The molecule has 0 fully saturated rings. The lowest BCUT2D eigenvalue weighted by atomic mass is 10.1. The fourth-order valence-corrected chi connectivity index (χ4v) is 2.74. The first-order valence-corrected chi connectivity index (χ1v) is 7.10. The number of rotatable bonds is 4. The summed E-state index contributed by atoms with van der Waals surface area (Å²) in [5.74, 6) is -0.209. The van der Waals surface area contributed by atoms with Gasteiger partial charge in [-0.15, -0.1) is 0 Å². The van der Waals surface area contributed by atoms with Crippen LogP contribution in [-0.2, 0) is 0 Å². The van der Waals surface area contributed by atoms with E-state index < -0.39 is 0 Å². The minimum Gasteiger partial charge on any atom is -0.348 e. The average Bonchev–Trinajstić information content (AvgIpc) is 2.23. The Hall–Kier alpha value is -0.650. The average molecular weight is 349 g/mol. The highest BCUT2D eigenvalue weighted by Crippen LogP contribution is 2.11. The lowest BCUT2D eigenvalue weighted by molar-refractivity contribution is 0.0931. The Morgan fingerprint density at radius 2 is 2.06 bits per heavy atom. The van der Waals surface area contributed by atoms with Gasteiger partial charge in [0.05, 0.1) is 0 Å². The first-order chi connectivity index (χ1) is 7.93. The van der Waals surface area contributed by atoms with Crippen LogP contribution in [0, 0.1) is 18.7 Å². The van der Waals surface area contributed by atoms with Crippen molar-refractivity contribution in [1.29, 1.82) is 0 Å². The molecule has 1 unspecified atom stereocenters. The van der Waals surface area contributed by atoms with Crippen LogP contribution in [0.15, 0.2) is 18.2 Å². The maximum atomic E-state index is 13.2. The third-order valence-corrected chi connectivity index (χ3v) is 3.54. The monoisotopic (exact) mass is 349 g/mol. The summed E-state index contributed by atoms with van der Waals surface area (Å²) >= 11 is 2.24. The molecule has 0 spiro atoms. The molecule has 1 aromatic carbocycles. The van der Waals surface area contributed by atoms with Gasteiger partial charge >= 0.3 is 0 Å². The first-order valence-electron chi connectivity index (χ1n) is 5.58. The topological polar surface area (TPSA) is 29.1 Å². The molecule has 1 rings (SSSR count). The van der Waals surface area contributed by atoms with E-state index in [-0.39, 0.29) is 17.8 Å². The van der Waals surface area contributed by atoms with Gasteiger partial charge < -0.3 is 5.32 Å². The molecule has 2 nitrogen and oxygen atoms in total. The quantitative estimate of drug-likeness (QED) is 0.656. The van der Waals surface area contributed by atoms with Crippen LogP contribution in [0.2, 0.25) is 0 Å². The van der Waals surface area contributed by atoms with E-state index >= 15 is 0 Å². The summed E-state index contributed by atoms with van der Waals surface area (Å²) in [6.45, 7) is 5.89. The summed E-state index contributed by atoms with van der Waals surface area (Å²) < 4.78 is 14.0. The number of aryl methyl sites for hydroxylation is 1. The molecule has 0 saturated heterocycles. The van der Waals surface area contributed by atoms with Gasteiger partial charge in [-0.2, -0.15) is 0 Å². The Morgan fingerprint density at radius 1 is 1.41 bits per heavy atom. The van der Waals surface area contributed by atoms with Crippen LogP contribution >= 0.6 is 22.6 Å². The maximum Gasteiger partial charge on any atom is 0.251 e. The van der Waals surface area contributed by atoms with E-state index in [0.29, 0.717) is 11.5 Å². The molecular formula is C13H17FINO. The summed E-state index contributed by atoms with van der Waals surface area (Å²) in [4.78, 5) is 11.9. The maximum absolute atomic E-state index is 13.2. The molecule has 1 N–H and O–H groups in total. The highest BCUT2D eigenvalue weighted by atomic mass is 127. The lowest BCUT2D eigenvalue weighted by Crippen LogP contribution is -2.39. The van der Waals surface area contributed by atoms with E-state index in [1.807, 2.05) is 0 Å². The number of hydrogen-bond acceptors (Lipinski definition) is 1. The zero-order valence-corrected chi connectivity index (χ0v) is 12.4. The van der Waals surface area contributed by atoms with Crippen LogP contribution in [0.1, 0.15) is 29.8 Å². The van der Waals surface area contributed by atoms with Crippen molar-refractivity contribution < 1.29 is 9.18 Å². The number of nitrogens with one attached hydrogen (secondary N) is 1. The van der Waals surface area contributed by atoms with Gasteiger partial charge in [-0.25, -0.2) is 4.39 Å². The van der Waals surface area contributed by atoms with Gasteiger partial charge in [-0.1, -0.05) is 36.4 Å². The fourth-order valence-electron chi connectivity index (χ4n) is 1.50. The number of carbonyl (C=O) groups excluding carboxylic acids is 1. The fraction of sp³-hybridized carbons (Fsp3) is 0.462. The van der Waals surface area contributed by atoms with Crippen molar-refractivity contribution >= 4 is 28.5 Å². The molecule has 0 bridgehead atoms. The third kappa shape index (κ3) is 4.26. The molecule has 4 heteroatoms. The molecule has 0 aliphatic heterocycles. The van der Waals surface area contributed by atoms with Crippen LogP contribution in [-0.4, -0.2) is 16.4 Å². The molecule has 1 amide bonds. The minimum absolute atomic E-state index is 0.117. The molecule has 0 heterocycles. The van der Waals surface area contributed by atoms with E-state index in [0.717, 1.165) is 9.99 Å². The van der Waals surface area contributed by atoms with Crippen LogP contribution in [0.4, 0.5) is 4.39 Å². The zero-order chi connectivity index (χ0) is 13.0. The Bertz CT molecular complexity index is 386. The number of carbonyl (C=O) groups is 1. The largest absolute Gasteiger partial charge is 0.348 e.